The van der Waals surface area contributed by atoms with E-state index in [0.29, 0.717) is 0 Å². The molecule has 8 heteroatoms. The molecule has 0 saturated heterocycles. The van der Waals surface area contributed by atoms with Crippen molar-refractivity contribution in [3.05, 3.63) is 17.5 Å². The fourth-order valence-corrected chi connectivity index (χ4v) is 1.19. The van der Waals surface area contributed by atoms with Crippen LogP contribution in [0.25, 0.3) is 0 Å². The first-order chi connectivity index (χ1) is 7.89. The van der Waals surface area contributed by atoms with E-state index in [-0.39, 0.29) is 29.9 Å². The molecule has 0 aromatic carbocycles. The van der Waals surface area contributed by atoms with Gasteiger partial charge in [-0.05, 0) is 0 Å². The van der Waals surface area contributed by atoms with E-state index in [0.717, 1.165) is 6.20 Å². The molecule has 5 nitrogen and oxygen atoms in total. The maximum atomic E-state index is 12.2. The van der Waals surface area contributed by atoms with E-state index in [1.54, 1.807) is 6.07 Å². The minimum absolute atomic E-state index is 0.0292. The van der Waals surface area contributed by atoms with Gasteiger partial charge in [0, 0.05) is 18.3 Å². The molecule has 1 aromatic rings. The van der Waals surface area contributed by atoms with E-state index in [1.807, 2.05) is 0 Å². The normalized spacial score (nSPS) is 11.0. The topological polar surface area (TPSA) is 98.0 Å². The zero-order valence-electron chi connectivity index (χ0n) is 8.58. The van der Waals surface area contributed by atoms with Gasteiger partial charge >= 0.3 is 6.36 Å². The molecule has 0 bridgehead atoms. The molecule has 0 aliphatic heterocycles. The first-order valence-corrected chi connectivity index (χ1v) is 4.48. The van der Waals surface area contributed by atoms with Crippen molar-refractivity contribution in [1.82, 2.24) is 4.98 Å². The van der Waals surface area contributed by atoms with Crippen molar-refractivity contribution in [2.24, 2.45) is 5.73 Å². The van der Waals surface area contributed by atoms with Gasteiger partial charge in [0.1, 0.15) is 0 Å². The molecular weight excluding hydrogens is 237 g/mol. The third kappa shape index (κ3) is 3.22. The monoisotopic (exact) mass is 246 g/mol. The molecule has 0 spiro atoms. The molecule has 4 N–H and O–H groups in total. The molecule has 1 aromatic heterocycles. The molecule has 92 valence electrons. The third-order valence-electron chi connectivity index (χ3n) is 1.91. The second kappa shape index (κ2) is 4.88. The van der Waals surface area contributed by atoms with Crippen LogP contribution in [0, 0.1) is 11.3 Å². The van der Waals surface area contributed by atoms with Crippen LogP contribution >= 0.6 is 0 Å². The Bertz CT molecular complexity index is 453. The van der Waals surface area contributed by atoms with Crippen molar-refractivity contribution in [1.29, 1.82) is 5.26 Å². The van der Waals surface area contributed by atoms with Crippen LogP contribution in [0.2, 0.25) is 0 Å². The number of nitrogens with zero attached hydrogens (tertiary/aromatic N) is 2. The van der Waals surface area contributed by atoms with E-state index in [2.05, 4.69) is 9.72 Å². The van der Waals surface area contributed by atoms with Gasteiger partial charge in [-0.2, -0.15) is 5.26 Å². The average molecular weight is 246 g/mol. The summed E-state index contributed by atoms with van der Waals surface area (Å²) in [7, 11) is 0. The van der Waals surface area contributed by atoms with Crippen molar-refractivity contribution >= 4 is 5.69 Å². The largest absolute Gasteiger partial charge is 0.573 e. The maximum absolute atomic E-state index is 12.2. The number of nitrogens with two attached hydrogens (primary N) is 2. The summed E-state index contributed by atoms with van der Waals surface area (Å²) in [5, 5.41) is 8.46. The fraction of sp³-hybridized carbons (Fsp3) is 0.333. The minimum Gasteiger partial charge on any atom is -0.403 e. The van der Waals surface area contributed by atoms with Crippen molar-refractivity contribution in [2.75, 3.05) is 5.73 Å². The second-order valence-corrected chi connectivity index (χ2v) is 3.06. The predicted molar refractivity (Wildman–Crippen MR) is 52.5 cm³/mol. The smallest absolute Gasteiger partial charge is 0.403 e. The molecule has 1 rings (SSSR count). The molecule has 0 radical (unpaired) electrons. The van der Waals surface area contributed by atoms with E-state index >= 15 is 0 Å². The number of halogens is 3. The van der Waals surface area contributed by atoms with Crippen LogP contribution in [0.5, 0.6) is 5.75 Å². The Morgan fingerprint density at radius 3 is 2.59 bits per heavy atom. The molecule has 0 aliphatic carbocycles. The highest BCUT2D eigenvalue weighted by atomic mass is 19.4. The number of aromatic nitrogens is 1. The standard InChI is InChI=1S/C9H9F3N4O/c10-9(11,12)17-8-5(3-14)4-16-6(1-2-13)7(8)15/h4H,1,3,14-15H2. The van der Waals surface area contributed by atoms with Crippen LogP contribution < -0.4 is 16.2 Å². The van der Waals surface area contributed by atoms with Gasteiger partial charge in [-0.1, -0.05) is 0 Å². The molecule has 0 saturated carbocycles. The molecule has 0 aliphatic rings. The van der Waals surface area contributed by atoms with E-state index in [9.17, 15) is 13.2 Å². The molecular formula is C9H9F3N4O. The molecule has 17 heavy (non-hydrogen) atoms. The van der Waals surface area contributed by atoms with Gasteiger partial charge in [0.05, 0.1) is 23.9 Å². The fourth-order valence-electron chi connectivity index (χ4n) is 1.19. The van der Waals surface area contributed by atoms with Crippen LogP contribution in [0.3, 0.4) is 0 Å². The maximum Gasteiger partial charge on any atom is 0.573 e. The van der Waals surface area contributed by atoms with E-state index in [4.69, 9.17) is 16.7 Å². The highest BCUT2D eigenvalue weighted by Crippen LogP contribution is 2.33. The number of hydrogen-bond donors (Lipinski definition) is 2. The zero-order valence-corrected chi connectivity index (χ0v) is 8.58. The lowest BCUT2D eigenvalue weighted by Gasteiger charge is -2.15. The molecule has 0 unspecified atom stereocenters. The average Bonchev–Trinajstić information content (AvgIpc) is 2.23. The van der Waals surface area contributed by atoms with Gasteiger partial charge in [-0.3, -0.25) is 4.98 Å². The lowest BCUT2D eigenvalue weighted by molar-refractivity contribution is -0.274. The van der Waals surface area contributed by atoms with Crippen molar-refractivity contribution in [3.8, 4) is 11.8 Å². The van der Waals surface area contributed by atoms with Crippen LogP contribution in [-0.4, -0.2) is 11.3 Å². The summed E-state index contributed by atoms with van der Waals surface area (Å²) in [6.07, 6.45) is -3.96. The Kier molecular flexibility index (Phi) is 3.75. The number of hydrogen-bond acceptors (Lipinski definition) is 5. The highest BCUT2D eigenvalue weighted by Gasteiger charge is 2.33. The van der Waals surface area contributed by atoms with Gasteiger partial charge in [0.2, 0.25) is 0 Å². The van der Waals surface area contributed by atoms with Gasteiger partial charge < -0.3 is 16.2 Å². The van der Waals surface area contributed by atoms with Crippen LogP contribution in [0.1, 0.15) is 11.3 Å². The number of anilines is 1. The highest BCUT2D eigenvalue weighted by molar-refractivity contribution is 5.60. The number of pyridine rings is 1. The lowest BCUT2D eigenvalue weighted by Crippen LogP contribution is -2.20. The van der Waals surface area contributed by atoms with Gasteiger partial charge in [0.25, 0.3) is 0 Å². The predicted octanol–water partition coefficient (Wildman–Crippen LogP) is 1.09. The Balaban J connectivity index is 3.23. The van der Waals surface area contributed by atoms with Crippen molar-refractivity contribution < 1.29 is 17.9 Å². The van der Waals surface area contributed by atoms with E-state index in [1.165, 1.54) is 0 Å². The summed E-state index contributed by atoms with van der Waals surface area (Å²) in [6, 6.07) is 1.74. The number of rotatable bonds is 3. The number of ether oxygens (including phenoxy) is 1. The first-order valence-electron chi connectivity index (χ1n) is 4.48. The third-order valence-corrected chi connectivity index (χ3v) is 1.91. The summed E-state index contributed by atoms with van der Waals surface area (Å²) < 4.78 is 40.2. The molecule has 0 amide bonds. The summed E-state index contributed by atoms with van der Waals surface area (Å²) in [4.78, 5) is 3.75. The minimum atomic E-state index is -4.87. The lowest BCUT2D eigenvalue weighted by atomic mass is 10.1. The van der Waals surface area contributed by atoms with Crippen LogP contribution in [-0.2, 0) is 13.0 Å². The number of alkyl halides is 3. The Hall–Kier alpha value is -2.01. The summed E-state index contributed by atoms with van der Waals surface area (Å²) in [5.74, 6) is -0.583. The molecule has 1 heterocycles. The van der Waals surface area contributed by atoms with Crippen LogP contribution in [0.15, 0.2) is 6.20 Å². The summed E-state index contributed by atoms with van der Waals surface area (Å²) >= 11 is 0. The van der Waals surface area contributed by atoms with E-state index < -0.39 is 12.1 Å². The van der Waals surface area contributed by atoms with Gasteiger partial charge in [-0.25, -0.2) is 0 Å². The Morgan fingerprint density at radius 1 is 1.47 bits per heavy atom. The molecule has 0 fully saturated rings. The number of nitrogen functional groups attached to an aromatic ring is 1. The SMILES string of the molecule is N#CCc1ncc(CN)c(OC(F)(F)F)c1N. The molecule has 0 atom stereocenters. The Labute approximate surface area is 94.8 Å². The number of nitriles is 1. The zero-order chi connectivity index (χ0) is 13.1. The first kappa shape index (κ1) is 13.1. The van der Waals surface area contributed by atoms with Crippen LogP contribution in [0.4, 0.5) is 18.9 Å². The van der Waals surface area contributed by atoms with Crippen molar-refractivity contribution in [3.63, 3.8) is 0 Å². The quantitative estimate of drug-likeness (QED) is 0.831. The van der Waals surface area contributed by atoms with Gasteiger partial charge in [0.15, 0.2) is 5.75 Å². The van der Waals surface area contributed by atoms with Crippen molar-refractivity contribution in [2.45, 2.75) is 19.3 Å². The summed E-state index contributed by atoms with van der Waals surface area (Å²) in [5.41, 5.74) is 10.5. The Morgan fingerprint density at radius 2 is 2.12 bits per heavy atom. The van der Waals surface area contributed by atoms with Gasteiger partial charge in [-0.15, -0.1) is 13.2 Å². The summed E-state index contributed by atoms with van der Waals surface area (Å²) in [6.45, 7) is -0.199. The second-order valence-electron chi connectivity index (χ2n) is 3.06.